The molecular weight excluding hydrogens is 500 g/mol. The van der Waals surface area contributed by atoms with Crippen LogP contribution in [0.5, 0.6) is 0 Å². The molecule has 7 atom stereocenters. The lowest BCUT2D eigenvalue weighted by Crippen LogP contribution is -2.59. The van der Waals surface area contributed by atoms with Crippen LogP contribution in [0.2, 0.25) is 0 Å². The summed E-state index contributed by atoms with van der Waals surface area (Å²) >= 11 is 1.66. The second-order valence-electron chi connectivity index (χ2n) is 11.6. The molecule has 0 saturated carbocycles. The lowest BCUT2D eigenvalue weighted by molar-refractivity contribution is -0.155. The van der Waals surface area contributed by atoms with Gasteiger partial charge in [-0.15, -0.1) is 24.9 Å². The molecule has 0 radical (unpaired) electrons. The fourth-order valence-corrected chi connectivity index (χ4v) is 9.24. The molecule has 0 aliphatic carbocycles. The highest BCUT2D eigenvalue weighted by atomic mass is 32.2. The molecule has 1 N–H and O–H groups in total. The summed E-state index contributed by atoms with van der Waals surface area (Å²) in [6.45, 7) is 17.0. The molecule has 8 heteroatoms. The fraction of sp³-hybridized carbons (Fsp3) is 0.767. The smallest absolute Gasteiger partial charge is 0.310 e. The van der Waals surface area contributed by atoms with Crippen LogP contribution < -0.4 is 0 Å². The number of amides is 2. The Bertz CT molecular complexity index is 879. The average molecular weight is 549 g/mol. The van der Waals surface area contributed by atoms with Crippen LogP contribution in [-0.2, 0) is 19.1 Å². The maximum Gasteiger partial charge on any atom is 0.310 e. The third-order valence-corrected chi connectivity index (χ3v) is 10.6. The second-order valence-corrected chi connectivity index (χ2v) is 13.2. The van der Waals surface area contributed by atoms with Crippen molar-refractivity contribution in [2.75, 3.05) is 26.3 Å². The number of ether oxygens (including phenoxy) is 1. The molecule has 0 aromatic carbocycles. The van der Waals surface area contributed by atoms with E-state index >= 15 is 0 Å². The Morgan fingerprint density at radius 2 is 2.00 bits per heavy atom. The van der Waals surface area contributed by atoms with Gasteiger partial charge < -0.3 is 19.6 Å². The average Bonchev–Trinajstić information content (AvgIpc) is 3.48. The van der Waals surface area contributed by atoms with Crippen molar-refractivity contribution in [2.45, 2.75) is 94.7 Å². The Morgan fingerprint density at radius 1 is 1.26 bits per heavy atom. The Hall–Kier alpha value is -1.80. The van der Waals surface area contributed by atoms with E-state index in [0.29, 0.717) is 26.1 Å². The molecule has 0 aromatic rings. The first-order valence-corrected chi connectivity index (χ1v) is 15.3. The number of nitrogens with zero attached hydrogens (tertiary/aromatic N) is 2. The van der Waals surface area contributed by atoms with Crippen molar-refractivity contribution in [1.29, 1.82) is 0 Å². The summed E-state index contributed by atoms with van der Waals surface area (Å²) in [6.07, 6.45) is 9.28. The van der Waals surface area contributed by atoms with Crippen LogP contribution in [0.1, 0.15) is 72.6 Å². The van der Waals surface area contributed by atoms with Crippen LogP contribution >= 0.6 is 11.8 Å². The lowest BCUT2D eigenvalue weighted by Gasteiger charge is -2.42. The quantitative estimate of drug-likeness (QED) is 0.174. The van der Waals surface area contributed by atoms with Gasteiger partial charge in [-0.2, -0.15) is 0 Å². The lowest BCUT2D eigenvalue weighted by atomic mass is 9.66. The Morgan fingerprint density at radius 3 is 2.61 bits per heavy atom. The number of carbonyl (C=O) groups excluding carboxylic acids is 3. The van der Waals surface area contributed by atoms with Crippen molar-refractivity contribution in [1.82, 2.24) is 9.80 Å². The van der Waals surface area contributed by atoms with Crippen LogP contribution in [0, 0.1) is 23.7 Å². The maximum atomic E-state index is 14.4. The summed E-state index contributed by atoms with van der Waals surface area (Å²) in [7, 11) is 0. The van der Waals surface area contributed by atoms with E-state index in [1.807, 2.05) is 11.0 Å². The molecule has 214 valence electrons. The highest BCUT2D eigenvalue weighted by Crippen LogP contribution is 2.69. The van der Waals surface area contributed by atoms with Gasteiger partial charge in [0.1, 0.15) is 6.04 Å². The number of hydrogen-bond donors (Lipinski definition) is 1. The van der Waals surface area contributed by atoms with Crippen LogP contribution in [-0.4, -0.2) is 81.1 Å². The minimum atomic E-state index is -0.719. The molecule has 38 heavy (non-hydrogen) atoms. The number of likely N-dealkylation sites (tertiary alicyclic amines) is 1. The number of thioether (sulfide) groups is 1. The van der Waals surface area contributed by atoms with Gasteiger partial charge in [0, 0.05) is 18.3 Å². The topological polar surface area (TPSA) is 87.1 Å². The fourth-order valence-electron chi connectivity index (χ4n) is 6.85. The number of rotatable bonds is 16. The van der Waals surface area contributed by atoms with Gasteiger partial charge in [0.15, 0.2) is 0 Å². The van der Waals surface area contributed by atoms with Crippen LogP contribution in [0.4, 0.5) is 0 Å². The molecule has 3 aliphatic heterocycles. The summed E-state index contributed by atoms with van der Waals surface area (Å²) in [5.74, 6) is -1.45. The normalized spacial score (nSPS) is 30.4. The van der Waals surface area contributed by atoms with Crippen LogP contribution in [0.25, 0.3) is 0 Å². The van der Waals surface area contributed by atoms with E-state index in [9.17, 15) is 19.5 Å². The zero-order valence-corrected chi connectivity index (χ0v) is 24.6. The van der Waals surface area contributed by atoms with Crippen molar-refractivity contribution in [3.63, 3.8) is 0 Å². The summed E-state index contributed by atoms with van der Waals surface area (Å²) in [6, 6.07) is -1.20. The number of carbonyl (C=O) groups is 3. The van der Waals surface area contributed by atoms with Gasteiger partial charge in [-0.3, -0.25) is 14.4 Å². The van der Waals surface area contributed by atoms with Crippen molar-refractivity contribution in [2.24, 2.45) is 23.7 Å². The molecule has 0 aromatic heterocycles. The number of hydrogen-bond acceptors (Lipinski definition) is 6. The molecule has 2 amide bonds. The SMILES string of the molecule is C=CCCCCOC(=O)[C@@H]1[C@H]2C(=O)N([C@@H](CO)CC(C)C)C(C(=O)N(CC=C)CCCC)C23S[C@@H]1CC3C. The molecule has 3 fully saturated rings. The maximum absolute atomic E-state index is 14.4. The number of unbranched alkanes of at least 4 members (excludes halogenated alkanes) is 3. The summed E-state index contributed by atoms with van der Waals surface area (Å²) in [5, 5.41) is 10.4. The van der Waals surface area contributed by atoms with Gasteiger partial charge in [0.2, 0.25) is 11.8 Å². The summed E-state index contributed by atoms with van der Waals surface area (Å²) < 4.78 is 5.01. The highest BCUT2D eigenvalue weighted by Gasteiger charge is 2.77. The van der Waals surface area contributed by atoms with Gasteiger partial charge in [-0.1, -0.05) is 46.3 Å². The predicted molar refractivity (Wildman–Crippen MR) is 153 cm³/mol. The minimum Gasteiger partial charge on any atom is -0.465 e. The zero-order chi connectivity index (χ0) is 28.0. The van der Waals surface area contributed by atoms with Gasteiger partial charge in [0.25, 0.3) is 0 Å². The van der Waals surface area contributed by atoms with E-state index in [2.05, 4.69) is 40.9 Å². The predicted octanol–water partition coefficient (Wildman–Crippen LogP) is 4.44. The minimum absolute atomic E-state index is 0.0433. The van der Waals surface area contributed by atoms with Gasteiger partial charge >= 0.3 is 5.97 Å². The molecule has 3 aliphatic rings. The molecular formula is C30H48N2O5S. The van der Waals surface area contributed by atoms with Crippen LogP contribution in [0.15, 0.2) is 25.3 Å². The first-order valence-electron chi connectivity index (χ1n) is 14.5. The second kappa shape index (κ2) is 13.5. The molecule has 3 rings (SSSR count). The van der Waals surface area contributed by atoms with E-state index in [1.54, 1.807) is 22.7 Å². The molecule has 3 heterocycles. The number of aliphatic hydroxyl groups is 1. The first-order chi connectivity index (χ1) is 18.2. The van der Waals surface area contributed by atoms with E-state index < -0.39 is 28.7 Å². The summed E-state index contributed by atoms with van der Waals surface area (Å²) in [5.41, 5.74) is 0. The molecule has 3 unspecified atom stereocenters. The van der Waals surface area contributed by atoms with Crippen molar-refractivity contribution >= 4 is 29.5 Å². The third kappa shape index (κ3) is 5.72. The van der Waals surface area contributed by atoms with E-state index in [1.165, 1.54) is 0 Å². The van der Waals surface area contributed by atoms with Crippen molar-refractivity contribution < 1.29 is 24.2 Å². The molecule has 2 bridgehead atoms. The van der Waals surface area contributed by atoms with E-state index in [0.717, 1.165) is 38.5 Å². The van der Waals surface area contributed by atoms with Crippen molar-refractivity contribution in [3.8, 4) is 0 Å². The Kier molecular flexibility index (Phi) is 10.9. The largest absolute Gasteiger partial charge is 0.465 e. The third-order valence-electron chi connectivity index (χ3n) is 8.53. The van der Waals surface area contributed by atoms with E-state index in [4.69, 9.17) is 4.74 Å². The first kappa shape index (κ1) is 30.7. The molecule has 3 saturated heterocycles. The van der Waals surface area contributed by atoms with Gasteiger partial charge in [-0.05, 0) is 50.4 Å². The number of allylic oxidation sites excluding steroid dienone is 1. The van der Waals surface area contributed by atoms with Crippen LogP contribution in [0.3, 0.4) is 0 Å². The Labute approximate surface area is 233 Å². The number of esters is 1. The van der Waals surface area contributed by atoms with E-state index in [-0.39, 0.29) is 41.5 Å². The monoisotopic (exact) mass is 548 g/mol. The van der Waals surface area contributed by atoms with Gasteiger partial charge in [0.05, 0.1) is 35.8 Å². The number of fused-ring (bicyclic) bond motifs is 1. The standard InChI is InChI=1S/C30H48N2O5S/c1-7-10-12-13-16-37-29(36)24-23-18-21(6)30(38-23)25(24)27(34)32(22(19-33)17-20(4)5)26(30)28(35)31(14-9-3)15-11-8-2/h7,9,20-26,33H,1,3,8,10-19H2,2,4-6H3/t21?,22-,23-,24+,25+,26?,30?/m1/s1. The van der Waals surface area contributed by atoms with Crippen molar-refractivity contribution in [3.05, 3.63) is 25.3 Å². The highest BCUT2D eigenvalue weighted by molar-refractivity contribution is 8.02. The molecule has 1 spiro atoms. The van der Waals surface area contributed by atoms with Gasteiger partial charge in [-0.25, -0.2) is 0 Å². The summed E-state index contributed by atoms with van der Waals surface area (Å²) in [4.78, 5) is 45.7. The Balaban J connectivity index is 2.00. The zero-order valence-electron chi connectivity index (χ0n) is 23.8. The number of aliphatic hydroxyl groups excluding tert-OH is 1. The molecule has 7 nitrogen and oxygen atoms in total.